The molecule has 1 aliphatic carbocycles. The van der Waals surface area contributed by atoms with Gasteiger partial charge in [0.1, 0.15) is 5.75 Å². The molecule has 0 aliphatic heterocycles. The van der Waals surface area contributed by atoms with Gasteiger partial charge in [-0.2, -0.15) is 11.8 Å². The summed E-state index contributed by atoms with van der Waals surface area (Å²) >= 11 is 1.89. The Morgan fingerprint density at radius 2 is 2.22 bits per heavy atom. The van der Waals surface area contributed by atoms with Crippen molar-refractivity contribution in [3.05, 3.63) is 24.0 Å². The lowest BCUT2D eigenvalue weighted by molar-refractivity contribution is 0.202. The largest absolute Gasteiger partial charge is 0.492 e. The van der Waals surface area contributed by atoms with Gasteiger partial charge in [-0.25, -0.2) is 0 Å². The smallest absolute Gasteiger partial charge is 0.137 e. The van der Waals surface area contributed by atoms with Gasteiger partial charge in [0.15, 0.2) is 0 Å². The summed E-state index contributed by atoms with van der Waals surface area (Å²) in [5.74, 6) is 1.49. The normalized spacial score (nSPS) is 17.9. The molecule has 1 atom stereocenters. The second-order valence-corrected chi connectivity index (χ2v) is 5.98. The molecule has 1 saturated carbocycles. The molecule has 1 fully saturated rings. The molecule has 3 nitrogen and oxygen atoms in total. The van der Waals surface area contributed by atoms with Gasteiger partial charge in [-0.1, -0.05) is 12.8 Å². The van der Waals surface area contributed by atoms with Gasteiger partial charge in [0.25, 0.3) is 0 Å². The summed E-state index contributed by atoms with van der Waals surface area (Å²) in [5.41, 5.74) is 0.853. The fourth-order valence-corrected chi connectivity index (χ4v) is 3.56. The zero-order valence-corrected chi connectivity index (χ0v) is 11.7. The molecule has 1 heterocycles. The number of aliphatic hydroxyl groups excluding tert-OH is 1. The van der Waals surface area contributed by atoms with Crippen molar-refractivity contribution in [3.8, 4) is 5.75 Å². The highest BCUT2D eigenvalue weighted by Crippen LogP contribution is 2.32. The number of nitrogens with zero attached hydrogens (tertiary/aromatic N) is 1. The molecule has 0 saturated heterocycles. The van der Waals surface area contributed by atoms with E-state index >= 15 is 0 Å². The van der Waals surface area contributed by atoms with E-state index in [0.717, 1.165) is 22.3 Å². The summed E-state index contributed by atoms with van der Waals surface area (Å²) in [6.07, 6.45) is 8.25. The van der Waals surface area contributed by atoms with E-state index in [4.69, 9.17) is 4.74 Å². The first kappa shape index (κ1) is 13.7. The van der Waals surface area contributed by atoms with Crippen LogP contribution in [0.4, 0.5) is 0 Å². The molecule has 0 spiro atoms. The highest BCUT2D eigenvalue weighted by Gasteiger charge is 2.18. The van der Waals surface area contributed by atoms with Crippen LogP contribution in [0.5, 0.6) is 5.75 Å². The maximum atomic E-state index is 10.2. The van der Waals surface area contributed by atoms with Gasteiger partial charge in [-0.3, -0.25) is 4.98 Å². The van der Waals surface area contributed by atoms with E-state index < -0.39 is 6.10 Å². The maximum absolute atomic E-state index is 10.2. The minimum atomic E-state index is -0.441. The lowest BCUT2D eigenvalue weighted by Crippen LogP contribution is -2.06. The van der Waals surface area contributed by atoms with Gasteiger partial charge in [0, 0.05) is 22.8 Å². The maximum Gasteiger partial charge on any atom is 0.137 e. The number of hydrogen-bond acceptors (Lipinski definition) is 4. The standard InChI is InChI=1S/C14H21NO2S/c1-2-17-12-7-11(8-15-9-12)14(16)10-18-13-5-3-4-6-13/h7-9,13-14,16H,2-6,10H2,1H3. The predicted molar refractivity (Wildman–Crippen MR) is 75.1 cm³/mol. The molecule has 1 aromatic rings. The lowest BCUT2D eigenvalue weighted by Gasteiger charge is -2.14. The lowest BCUT2D eigenvalue weighted by atomic mass is 10.2. The summed E-state index contributed by atoms with van der Waals surface area (Å²) in [6.45, 7) is 2.57. The Morgan fingerprint density at radius 3 is 2.94 bits per heavy atom. The molecule has 1 unspecified atom stereocenters. The zero-order valence-electron chi connectivity index (χ0n) is 10.8. The number of ether oxygens (including phenoxy) is 1. The third-order valence-corrected chi connectivity index (χ3v) is 4.67. The van der Waals surface area contributed by atoms with Crippen molar-refractivity contribution in [2.45, 2.75) is 44.0 Å². The quantitative estimate of drug-likeness (QED) is 0.859. The summed E-state index contributed by atoms with van der Waals surface area (Å²) < 4.78 is 5.39. The van der Waals surface area contributed by atoms with Gasteiger partial charge in [0.2, 0.25) is 0 Å². The monoisotopic (exact) mass is 267 g/mol. The summed E-state index contributed by atoms with van der Waals surface area (Å²) in [4.78, 5) is 4.11. The van der Waals surface area contributed by atoms with Crippen LogP contribution in [0.15, 0.2) is 18.5 Å². The Balaban J connectivity index is 1.86. The van der Waals surface area contributed by atoms with Crippen LogP contribution >= 0.6 is 11.8 Å². The average Bonchev–Trinajstić information content (AvgIpc) is 2.90. The Labute approximate surface area is 113 Å². The van der Waals surface area contributed by atoms with E-state index in [1.165, 1.54) is 25.7 Å². The van der Waals surface area contributed by atoms with E-state index in [1.54, 1.807) is 12.4 Å². The zero-order chi connectivity index (χ0) is 12.8. The van der Waals surface area contributed by atoms with Gasteiger partial charge < -0.3 is 9.84 Å². The van der Waals surface area contributed by atoms with E-state index in [0.29, 0.717) is 6.61 Å². The van der Waals surface area contributed by atoms with E-state index in [9.17, 15) is 5.11 Å². The highest BCUT2D eigenvalue weighted by molar-refractivity contribution is 7.99. The highest BCUT2D eigenvalue weighted by atomic mass is 32.2. The number of aromatic nitrogens is 1. The SMILES string of the molecule is CCOc1cncc(C(O)CSC2CCCC2)c1. The fourth-order valence-electron chi connectivity index (χ4n) is 2.24. The molecule has 18 heavy (non-hydrogen) atoms. The van der Waals surface area contributed by atoms with Crippen molar-refractivity contribution in [3.63, 3.8) is 0 Å². The van der Waals surface area contributed by atoms with Crippen LogP contribution < -0.4 is 4.74 Å². The molecule has 0 bridgehead atoms. The number of pyridine rings is 1. The molecule has 100 valence electrons. The minimum Gasteiger partial charge on any atom is -0.492 e. The summed E-state index contributed by atoms with van der Waals surface area (Å²) in [7, 11) is 0. The van der Waals surface area contributed by atoms with Crippen molar-refractivity contribution in [1.29, 1.82) is 0 Å². The minimum absolute atomic E-state index is 0.441. The molecule has 0 amide bonds. The molecular formula is C14H21NO2S. The predicted octanol–water partition coefficient (Wildman–Crippen LogP) is 3.19. The van der Waals surface area contributed by atoms with Gasteiger partial charge in [-0.05, 0) is 25.8 Å². The van der Waals surface area contributed by atoms with Crippen LogP contribution in [-0.2, 0) is 0 Å². The number of aliphatic hydroxyl groups is 1. The first-order chi connectivity index (χ1) is 8.79. The van der Waals surface area contributed by atoms with Crippen LogP contribution in [0.2, 0.25) is 0 Å². The number of thioether (sulfide) groups is 1. The van der Waals surface area contributed by atoms with E-state index in [2.05, 4.69) is 4.98 Å². The first-order valence-electron chi connectivity index (χ1n) is 6.67. The molecular weight excluding hydrogens is 246 g/mol. The van der Waals surface area contributed by atoms with Gasteiger partial charge >= 0.3 is 0 Å². The van der Waals surface area contributed by atoms with Crippen LogP contribution in [0.3, 0.4) is 0 Å². The third-order valence-electron chi connectivity index (χ3n) is 3.22. The topological polar surface area (TPSA) is 42.4 Å². The van der Waals surface area contributed by atoms with E-state index in [1.807, 2.05) is 24.8 Å². The third kappa shape index (κ3) is 3.89. The molecule has 0 radical (unpaired) electrons. The van der Waals surface area contributed by atoms with Crippen LogP contribution in [-0.4, -0.2) is 27.7 Å². The molecule has 1 aliphatic rings. The van der Waals surface area contributed by atoms with Crippen molar-refractivity contribution >= 4 is 11.8 Å². The van der Waals surface area contributed by atoms with Gasteiger partial charge in [0.05, 0.1) is 18.9 Å². The summed E-state index contributed by atoms with van der Waals surface area (Å²) in [5, 5.41) is 10.9. The average molecular weight is 267 g/mol. The molecule has 2 rings (SSSR count). The second kappa shape index (κ2) is 7.00. The fraction of sp³-hybridized carbons (Fsp3) is 0.643. The first-order valence-corrected chi connectivity index (χ1v) is 7.72. The second-order valence-electron chi connectivity index (χ2n) is 4.64. The van der Waals surface area contributed by atoms with Crippen molar-refractivity contribution in [1.82, 2.24) is 4.98 Å². The van der Waals surface area contributed by atoms with E-state index in [-0.39, 0.29) is 0 Å². The molecule has 4 heteroatoms. The van der Waals surface area contributed by atoms with Gasteiger partial charge in [-0.15, -0.1) is 0 Å². The van der Waals surface area contributed by atoms with Crippen molar-refractivity contribution < 1.29 is 9.84 Å². The van der Waals surface area contributed by atoms with Crippen molar-refractivity contribution in [2.75, 3.05) is 12.4 Å². The molecule has 0 aromatic carbocycles. The summed E-state index contributed by atoms with van der Waals surface area (Å²) in [6, 6.07) is 1.89. The Bertz CT molecular complexity index is 367. The Kier molecular flexibility index (Phi) is 5.32. The van der Waals surface area contributed by atoms with Crippen molar-refractivity contribution in [2.24, 2.45) is 0 Å². The van der Waals surface area contributed by atoms with Crippen LogP contribution in [0.1, 0.15) is 44.3 Å². The Morgan fingerprint density at radius 1 is 1.44 bits per heavy atom. The Hall–Kier alpha value is -0.740. The number of hydrogen-bond donors (Lipinski definition) is 1. The molecule has 1 aromatic heterocycles. The number of rotatable bonds is 6. The molecule has 1 N–H and O–H groups in total. The van der Waals surface area contributed by atoms with Crippen LogP contribution in [0, 0.1) is 0 Å². The van der Waals surface area contributed by atoms with Crippen LogP contribution in [0.25, 0.3) is 0 Å².